The largest absolute Gasteiger partial charge is 0.497 e. The van der Waals surface area contributed by atoms with Gasteiger partial charge in [-0.3, -0.25) is 4.79 Å². The summed E-state index contributed by atoms with van der Waals surface area (Å²) in [5.41, 5.74) is 0.809. The van der Waals surface area contributed by atoms with Gasteiger partial charge in [0.15, 0.2) is 0 Å². The van der Waals surface area contributed by atoms with E-state index in [0.717, 1.165) is 37.4 Å². The second-order valence-electron chi connectivity index (χ2n) is 6.10. The molecule has 1 aromatic rings. The van der Waals surface area contributed by atoms with E-state index in [1.807, 2.05) is 29.2 Å². The lowest BCUT2D eigenvalue weighted by Crippen LogP contribution is -2.47. The third-order valence-electron chi connectivity index (χ3n) is 4.46. The van der Waals surface area contributed by atoms with Crippen molar-refractivity contribution in [3.63, 3.8) is 0 Å². The van der Waals surface area contributed by atoms with E-state index in [2.05, 4.69) is 5.32 Å². The molecule has 0 spiro atoms. The van der Waals surface area contributed by atoms with Crippen LogP contribution in [0.3, 0.4) is 0 Å². The molecule has 0 radical (unpaired) electrons. The maximum absolute atomic E-state index is 12.3. The number of anilines is 1. The van der Waals surface area contributed by atoms with Gasteiger partial charge in [-0.05, 0) is 31.4 Å². The summed E-state index contributed by atoms with van der Waals surface area (Å²) in [6.45, 7) is 2.13. The van der Waals surface area contributed by atoms with E-state index in [-0.39, 0.29) is 18.0 Å². The average molecular weight is 317 g/mol. The number of rotatable bonds is 3. The lowest BCUT2D eigenvalue weighted by Gasteiger charge is -2.28. The van der Waals surface area contributed by atoms with Crippen molar-refractivity contribution in [3.05, 3.63) is 24.3 Å². The van der Waals surface area contributed by atoms with Gasteiger partial charge in [-0.25, -0.2) is 4.79 Å². The Morgan fingerprint density at radius 3 is 2.78 bits per heavy atom. The Labute approximate surface area is 136 Å². The third kappa shape index (κ3) is 3.57. The maximum Gasteiger partial charge on any atom is 0.317 e. The molecule has 3 rings (SSSR count). The fourth-order valence-corrected chi connectivity index (χ4v) is 3.20. The number of urea groups is 1. The Balaban J connectivity index is 1.61. The van der Waals surface area contributed by atoms with Crippen LogP contribution in [0.1, 0.15) is 25.7 Å². The van der Waals surface area contributed by atoms with Crippen molar-refractivity contribution < 1.29 is 14.3 Å². The molecule has 6 nitrogen and oxygen atoms in total. The van der Waals surface area contributed by atoms with Gasteiger partial charge in [-0.1, -0.05) is 6.07 Å². The summed E-state index contributed by atoms with van der Waals surface area (Å²) in [5, 5.41) is 3.00. The van der Waals surface area contributed by atoms with Crippen LogP contribution >= 0.6 is 0 Å². The van der Waals surface area contributed by atoms with E-state index in [4.69, 9.17) is 4.74 Å². The van der Waals surface area contributed by atoms with Crippen LogP contribution in [-0.2, 0) is 4.79 Å². The van der Waals surface area contributed by atoms with Gasteiger partial charge in [0.1, 0.15) is 5.75 Å². The van der Waals surface area contributed by atoms with Crippen molar-refractivity contribution in [2.45, 2.75) is 31.7 Å². The van der Waals surface area contributed by atoms with Crippen LogP contribution < -0.4 is 15.0 Å². The molecule has 1 N–H and O–H groups in total. The number of methoxy groups -OCH3 is 1. The molecule has 1 aromatic carbocycles. The molecule has 1 unspecified atom stereocenters. The zero-order chi connectivity index (χ0) is 16.2. The third-order valence-corrected chi connectivity index (χ3v) is 4.46. The SMILES string of the molecule is COc1cccc(N2CC(NC(=O)N3CCCCC3)CC2=O)c1. The molecule has 0 aliphatic carbocycles. The Bertz CT molecular complexity index is 584. The van der Waals surface area contributed by atoms with Gasteiger partial charge in [-0.15, -0.1) is 0 Å². The second kappa shape index (κ2) is 6.89. The van der Waals surface area contributed by atoms with E-state index in [1.54, 1.807) is 12.0 Å². The average Bonchev–Trinajstić information content (AvgIpc) is 2.96. The molecule has 1 atom stereocenters. The number of piperidine rings is 1. The summed E-state index contributed by atoms with van der Waals surface area (Å²) >= 11 is 0. The zero-order valence-corrected chi connectivity index (χ0v) is 13.5. The number of nitrogens with zero attached hydrogens (tertiary/aromatic N) is 2. The van der Waals surface area contributed by atoms with Gasteiger partial charge in [-0.2, -0.15) is 0 Å². The number of hydrogen-bond donors (Lipinski definition) is 1. The number of carbonyl (C=O) groups excluding carboxylic acids is 2. The second-order valence-corrected chi connectivity index (χ2v) is 6.10. The molecule has 2 aliphatic rings. The minimum atomic E-state index is -0.136. The van der Waals surface area contributed by atoms with Gasteiger partial charge in [0.25, 0.3) is 0 Å². The van der Waals surface area contributed by atoms with E-state index < -0.39 is 0 Å². The molecule has 2 heterocycles. The van der Waals surface area contributed by atoms with Crippen molar-refractivity contribution in [1.29, 1.82) is 0 Å². The summed E-state index contributed by atoms with van der Waals surface area (Å²) in [7, 11) is 1.60. The monoisotopic (exact) mass is 317 g/mol. The highest BCUT2D eigenvalue weighted by Crippen LogP contribution is 2.25. The van der Waals surface area contributed by atoms with E-state index in [0.29, 0.717) is 13.0 Å². The zero-order valence-electron chi connectivity index (χ0n) is 13.5. The normalized spacial score (nSPS) is 21.4. The molecule has 2 fully saturated rings. The highest BCUT2D eigenvalue weighted by atomic mass is 16.5. The molecule has 124 valence electrons. The molecule has 6 heteroatoms. The number of nitrogens with one attached hydrogen (secondary N) is 1. The molecule has 0 saturated carbocycles. The van der Waals surface area contributed by atoms with Crippen LogP contribution in [0.15, 0.2) is 24.3 Å². The Kier molecular flexibility index (Phi) is 4.69. The van der Waals surface area contributed by atoms with Gasteiger partial charge in [0, 0.05) is 37.8 Å². The summed E-state index contributed by atoms with van der Waals surface area (Å²) < 4.78 is 5.21. The minimum Gasteiger partial charge on any atom is -0.497 e. The van der Waals surface area contributed by atoms with E-state index >= 15 is 0 Å². The van der Waals surface area contributed by atoms with Crippen LogP contribution in [-0.4, -0.2) is 49.6 Å². The number of likely N-dealkylation sites (tertiary alicyclic amines) is 1. The molecule has 2 saturated heterocycles. The van der Waals surface area contributed by atoms with E-state index in [1.165, 1.54) is 6.42 Å². The van der Waals surface area contributed by atoms with Gasteiger partial charge >= 0.3 is 6.03 Å². The van der Waals surface area contributed by atoms with Crippen LogP contribution in [0.4, 0.5) is 10.5 Å². The predicted molar refractivity (Wildman–Crippen MR) is 87.7 cm³/mol. The topological polar surface area (TPSA) is 61.9 Å². The lowest BCUT2D eigenvalue weighted by molar-refractivity contribution is -0.117. The Morgan fingerprint density at radius 2 is 2.04 bits per heavy atom. The summed E-state index contributed by atoms with van der Waals surface area (Å²) in [4.78, 5) is 28.1. The predicted octanol–water partition coefficient (Wildman–Crippen LogP) is 2.00. The first-order valence-electron chi connectivity index (χ1n) is 8.17. The van der Waals surface area contributed by atoms with E-state index in [9.17, 15) is 9.59 Å². The van der Waals surface area contributed by atoms with Crippen molar-refractivity contribution in [2.24, 2.45) is 0 Å². The fraction of sp³-hybridized carbons (Fsp3) is 0.529. The number of hydrogen-bond acceptors (Lipinski definition) is 3. The molecular formula is C17H23N3O3. The highest BCUT2D eigenvalue weighted by Gasteiger charge is 2.32. The van der Waals surface area contributed by atoms with Crippen LogP contribution in [0.2, 0.25) is 0 Å². The Morgan fingerprint density at radius 1 is 1.26 bits per heavy atom. The maximum atomic E-state index is 12.3. The first-order chi connectivity index (χ1) is 11.2. The lowest BCUT2D eigenvalue weighted by atomic mass is 10.1. The summed E-state index contributed by atoms with van der Waals surface area (Å²) in [6.07, 6.45) is 3.66. The number of benzene rings is 1. The van der Waals surface area contributed by atoms with Crippen molar-refractivity contribution in [1.82, 2.24) is 10.2 Å². The summed E-state index contributed by atoms with van der Waals surface area (Å²) in [6, 6.07) is 7.25. The minimum absolute atomic E-state index is 0.0298. The van der Waals surface area contributed by atoms with Crippen LogP contribution in [0, 0.1) is 0 Å². The number of ether oxygens (including phenoxy) is 1. The molecule has 3 amide bonds. The Hall–Kier alpha value is -2.24. The smallest absolute Gasteiger partial charge is 0.317 e. The van der Waals surface area contributed by atoms with Crippen molar-refractivity contribution in [3.8, 4) is 5.75 Å². The number of amides is 3. The van der Waals surface area contributed by atoms with Gasteiger partial charge in [0.05, 0.1) is 13.2 Å². The molecule has 0 aromatic heterocycles. The first-order valence-corrected chi connectivity index (χ1v) is 8.17. The number of carbonyl (C=O) groups is 2. The van der Waals surface area contributed by atoms with Gasteiger partial charge < -0.3 is 19.9 Å². The van der Waals surface area contributed by atoms with Gasteiger partial charge in [0.2, 0.25) is 5.91 Å². The van der Waals surface area contributed by atoms with Crippen molar-refractivity contribution >= 4 is 17.6 Å². The van der Waals surface area contributed by atoms with Crippen molar-refractivity contribution in [2.75, 3.05) is 31.6 Å². The molecule has 0 bridgehead atoms. The first kappa shape index (κ1) is 15.6. The highest BCUT2D eigenvalue weighted by molar-refractivity contribution is 5.97. The molecular weight excluding hydrogens is 294 g/mol. The molecule has 23 heavy (non-hydrogen) atoms. The fourth-order valence-electron chi connectivity index (χ4n) is 3.20. The standard InChI is InChI=1S/C17H23N3O3/c1-23-15-7-5-6-14(11-15)20-12-13(10-16(20)21)18-17(22)19-8-3-2-4-9-19/h5-7,11,13H,2-4,8-10,12H2,1H3,(H,18,22). The van der Waals surface area contributed by atoms with Crippen LogP contribution in [0.5, 0.6) is 5.75 Å². The van der Waals surface area contributed by atoms with Crippen LogP contribution in [0.25, 0.3) is 0 Å². The summed E-state index contributed by atoms with van der Waals surface area (Å²) in [5.74, 6) is 0.748. The molecule has 2 aliphatic heterocycles. The quantitative estimate of drug-likeness (QED) is 0.927.